The summed E-state index contributed by atoms with van der Waals surface area (Å²) >= 11 is 2.05. The van der Waals surface area contributed by atoms with Crippen LogP contribution in [0.1, 0.15) is 18.9 Å². The highest BCUT2D eigenvalue weighted by Crippen LogP contribution is 2.34. The number of guanidine groups is 1. The number of methoxy groups -OCH3 is 1. The number of thioether (sulfide) groups is 1. The van der Waals surface area contributed by atoms with Gasteiger partial charge in [0.1, 0.15) is 5.75 Å². The fourth-order valence-corrected chi connectivity index (χ4v) is 5.43. The Morgan fingerprint density at radius 3 is 2.82 bits per heavy atom. The maximum absolute atomic E-state index is 5.58. The lowest BCUT2D eigenvalue weighted by molar-refractivity contribution is -0.0105. The Morgan fingerprint density at radius 2 is 2.14 bits per heavy atom. The van der Waals surface area contributed by atoms with E-state index in [1.54, 1.807) is 7.11 Å². The van der Waals surface area contributed by atoms with Gasteiger partial charge in [0.25, 0.3) is 0 Å². The molecule has 0 amide bonds. The second-order valence-corrected chi connectivity index (χ2v) is 8.57. The quantitative estimate of drug-likeness (QED) is 0.554. The lowest BCUT2D eigenvalue weighted by Gasteiger charge is -2.42. The Balaban J connectivity index is 1.73. The number of rotatable bonds is 7. The highest BCUT2D eigenvalue weighted by atomic mass is 32.2. The maximum atomic E-state index is 5.58. The van der Waals surface area contributed by atoms with Crippen LogP contribution < -0.4 is 10.1 Å². The Kier molecular flexibility index (Phi) is 7.88. The molecule has 6 nitrogen and oxygen atoms in total. The number of benzene rings is 1. The van der Waals surface area contributed by atoms with E-state index in [-0.39, 0.29) is 5.54 Å². The second kappa shape index (κ2) is 10.4. The van der Waals surface area contributed by atoms with Gasteiger partial charge in [-0.2, -0.15) is 11.8 Å². The van der Waals surface area contributed by atoms with E-state index in [0.29, 0.717) is 0 Å². The Hall–Kier alpha value is -1.44. The van der Waals surface area contributed by atoms with Crippen molar-refractivity contribution in [2.45, 2.75) is 25.4 Å². The number of aliphatic imine (C=N–C) groups is 1. The third-order valence-electron chi connectivity index (χ3n) is 5.58. The molecule has 3 rings (SSSR count). The van der Waals surface area contributed by atoms with Crippen LogP contribution in [0, 0.1) is 0 Å². The van der Waals surface area contributed by atoms with Crippen LogP contribution in [-0.2, 0) is 11.3 Å². The van der Waals surface area contributed by atoms with Crippen molar-refractivity contribution < 1.29 is 9.47 Å². The number of morpholine rings is 1. The lowest BCUT2D eigenvalue weighted by atomic mass is 9.96. The minimum Gasteiger partial charge on any atom is -0.496 e. The molecule has 2 aliphatic heterocycles. The van der Waals surface area contributed by atoms with Gasteiger partial charge in [0, 0.05) is 44.5 Å². The van der Waals surface area contributed by atoms with E-state index in [1.807, 2.05) is 12.1 Å². The van der Waals surface area contributed by atoms with Crippen LogP contribution in [-0.4, -0.2) is 86.4 Å². The first-order chi connectivity index (χ1) is 13.7. The Morgan fingerprint density at radius 1 is 1.36 bits per heavy atom. The average Bonchev–Trinajstić information content (AvgIpc) is 3.22. The van der Waals surface area contributed by atoms with E-state index >= 15 is 0 Å². The molecule has 2 saturated heterocycles. The molecule has 1 unspecified atom stereocenters. The summed E-state index contributed by atoms with van der Waals surface area (Å²) in [6, 6.07) is 8.18. The normalized spacial score (nSPS) is 23.6. The van der Waals surface area contributed by atoms with Crippen molar-refractivity contribution in [2.75, 3.05) is 65.1 Å². The summed E-state index contributed by atoms with van der Waals surface area (Å²) in [7, 11) is 3.82. The van der Waals surface area contributed by atoms with E-state index in [4.69, 9.17) is 14.5 Å². The predicted octanol–water partition coefficient (Wildman–Crippen LogP) is 2.30. The first-order valence-electron chi connectivity index (χ1n) is 10.2. The largest absolute Gasteiger partial charge is 0.496 e. The Bertz CT molecular complexity index is 643. The predicted molar refractivity (Wildman–Crippen MR) is 118 cm³/mol. The molecule has 28 heavy (non-hydrogen) atoms. The van der Waals surface area contributed by atoms with Crippen molar-refractivity contribution in [3.63, 3.8) is 0 Å². The van der Waals surface area contributed by atoms with Gasteiger partial charge in [-0.05, 0) is 25.2 Å². The molecule has 156 valence electrons. The molecule has 2 aliphatic rings. The molecule has 0 aromatic heterocycles. The smallest absolute Gasteiger partial charge is 0.194 e. The van der Waals surface area contributed by atoms with Crippen LogP contribution in [0.4, 0.5) is 0 Å². The molecular formula is C21H34N4O2S. The van der Waals surface area contributed by atoms with Crippen molar-refractivity contribution in [2.24, 2.45) is 4.99 Å². The fourth-order valence-electron chi connectivity index (χ4n) is 3.96. The minimum atomic E-state index is 0.167. The van der Waals surface area contributed by atoms with Crippen LogP contribution >= 0.6 is 11.8 Å². The zero-order valence-corrected chi connectivity index (χ0v) is 18.3. The summed E-state index contributed by atoms with van der Waals surface area (Å²) in [4.78, 5) is 9.90. The van der Waals surface area contributed by atoms with Gasteiger partial charge in [0.2, 0.25) is 0 Å². The highest BCUT2D eigenvalue weighted by molar-refractivity contribution is 7.99. The molecule has 1 atom stereocenters. The van der Waals surface area contributed by atoms with E-state index < -0.39 is 0 Å². The van der Waals surface area contributed by atoms with Crippen LogP contribution in [0.25, 0.3) is 0 Å². The van der Waals surface area contributed by atoms with Crippen LogP contribution in [0.5, 0.6) is 5.75 Å². The summed E-state index contributed by atoms with van der Waals surface area (Å²) in [5.41, 5.74) is 1.33. The summed E-state index contributed by atoms with van der Waals surface area (Å²) in [6.07, 6.45) is 1.21. The highest BCUT2D eigenvalue weighted by Gasteiger charge is 2.40. The van der Waals surface area contributed by atoms with E-state index in [1.165, 1.54) is 12.2 Å². The van der Waals surface area contributed by atoms with E-state index in [2.05, 4.69) is 53.0 Å². The number of ether oxygens (including phenoxy) is 2. The average molecular weight is 407 g/mol. The number of para-hydroxylation sites is 1. The van der Waals surface area contributed by atoms with Crippen molar-refractivity contribution in [3.8, 4) is 5.75 Å². The molecule has 7 heteroatoms. The molecule has 2 heterocycles. The molecule has 0 spiro atoms. The van der Waals surface area contributed by atoms with Gasteiger partial charge in [-0.1, -0.05) is 18.2 Å². The lowest BCUT2D eigenvalue weighted by Crippen LogP contribution is -2.56. The van der Waals surface area contributed by atoms with Gasteiger partial charge < -0.3 is 19.7 Å². The molecule has 0 aliphatic carbocycles. The molecule has 0 bridgehead atoms. The topological polar surface area (TPSA) is 49.3 Å². The van der Waals surface area contributed by atoms with Gasteiger partial charge in [-0.25, -0.2) is 0 Å². The second-order valence-electron chi connectivity index (χ2n) is 7.46. The third kappa shape index (κ3) is 5.13. The summed E-state index contributed by atoms with van der Waals surface area (Å²) in [6.45, 7) is 8.28. The van der Waals surface area contributed by atoms with Gasteiger partial charge in [0.05, 0.1) is 32.4 Å². The Labute approximate surface area is 173 Å². The van der Waals surface area contributed by atoms with Gasteiger partial charge in [0.15, 0.2) is 5.96 Å². The number of hydrogen-bond donors (Lipinski definition) is 1. The van der Waals surface area contributed by atoms with Crippen molar-refractivity contribution in [1.82, 2.24) is 15.1 Å². The molecule has 1 aromatic rings. The molecule has 1 aromatic carbocycles. The minimum absolute atomic E-state index is 0.167. The summed E-state index contributed by atoms with van der Waals surface area (Å²) in [5, 5.41) is 3.47. The van der Waals surface area contributed by atoms with Gasteiger partial charge >= 0.3 is 0 Å². The van der Waals surface area contributed by atoms with Crippen molar-refractivity contribution >= 4 is 17.7 Å². The molecule has 2 fully saturated rings. The summed E-state index contributed by atoms with van der Waals surface area (Å²) in [5.74, 6) is 4.26. The zero-order valence-electron chi connectivity index (χ0n) is 17.4. The first kappa shape index (κ1) is 21.3. The SMILES string of the molecule is CCNC(=NCC1(N2CCOCC2)CCSC1)N(C)Cc1ccccc1OC. The van der Waals surface area contributed by atoms with Crippen LogP contribution in [0.15, 0.2) is 29.3 Å². The van der Waals surface area contributed by atoms with Crippen LogP contribution in [0.3, 0.4) is 0 Å². The third-order valence-corrected chi connectivity index (χ3v) is 6.82. The summed E-state index contributed by atoms with van der Waals surface area (Å²) < 4.78 is 11.1. The standard InChI is InChI=1S/C21H34N4O2S/c1-4-22-20(24(2)15-18-7-5-6-8-19(18)26-3)23-16-21(9-14-28-17-21)25-10-12-27-13-11-25/h5-8H,4,9-17H2,1-3H3,(H,22,23). The monoisotopic (exact) mass is 406 g/mol. The van der Waals surface area contributed by atoms with E-state index in [9.17, 15) is 0 Å². The zero-order chi connectivity index (χ0) is 19.8. The van der Waals surface area contributed by atoms with E-state index in [0.717, 1.165) is 69.0 Å². The molecule has 0 radical (unpaired) electrons. The number of nitrogens with zero attached hydrogens (tertiary/aromatic N) is 3. The fraction of sp³-hybridized carbons (Fsp3) is 0.667. The first-order valence-corrected chi connectivity index (χ1v) is 11.4. The molecule has 0 saturated carbocycles. The van der Waals surface area contributed by atoms with Gasteiger partial charge in [-0.3, -0.25) is 9.89 Å². The van der Waals surface area contributed by atoms with Gasteiger partial charge in [-0.15, -0.1) is 0 Å². The molecular weight excluding hydrogens is 372 g/mol. The molecule has 1 N–H and O–H groups in total. The maximum Gasteiger partial charge on any atom is 0.194 e. The van der Waals surface area contributed by atoms with Crippen molar-refractivity contribution in [3.05, 3.63) is 29.8 Å². The van der Waals surface area contributed by atoms with Crippen LogP contribution in [0.2, 0.25) is 0 Å². The number of nitrogens with one attached hydrogen (secondary N) is 1. The number of hydrogen-bond acceptors (Lipinski definition) is 5. The van der Waals surface area contributed by atoms with Crippen molar-refractivity contribution in [1.29, 1.82) is 0 Å².